The zero-order valence-electron chi connectivity index (χ0n) is 11.7. The molecule has 1 aromatic rings. The molecule has 1 aromatic carbocycles. The maximum absolute atomic E-state index is 12.1. The Morgan fingerprint density at radius 3 is 2.55 bits per heavy atom. The number of ether oxygens (including phenoxy) is 1. The van der Waals surface area contributed by atoms with E-state index in [0.717, 1.165) is 9.87 Å². The van der Waals surface area contributed by atoms with Gasteiger partial charge < -0.3 is 10.1 Å². The number of rotatable bonds is 4. The summed E-state index contributed by atoms with van der Waals surface area (Å²) in [6.07, 6.45) is 0.268. The van der Waals surface area contributed by atoms with Crippen LogP contribution in [0, 0.1) is 6.92 Å². The Morgan fingerprint density at radius 1 is 1.40 bits per heavy atom. The van der Waals surface area contributed by atoms with Crippen molar-refractivity contribution in [3.63, 3.8) is 0 Å². The van der Waals surface area contributed by atoms with Crippen LogP contribution in [0.25, 0.3) is 0 Å². The van der Waals surface area contributed by atoms with Gasteiger partial charge in [-0.1, -0.05) is 6.07 Å². The molecule has 0 radical (unpaired) electrons. The third-order valence-electron chi connectivity index (χ3n) is 3.24. The summed E-state index contributed by atoms with van der Waals surface area (Å²) in [6.45, 7) is 2.40. The van der Waals surface area contributed by atoms with Crippen LogP contribution in [0.3, 0.4) is 0 Å². The van der Waals surface area contributed by atoms with Gasteiger partial charge in [0.1, 0.15) is 6.10 Å². The van der Waals surface area contributed by atoms with Crippen LogP contribution < -0.4 is 5.32 Å². The first kappa shape index (κ1) is 15.0. The number of benzene rings is 1. The van der Waals surface area contributed by atoms with Gasteiger partial charge in [0.25, 0.3) is 5.91 Å². The van der Waals surface area contributed by atoms with Gasteiger partial charge in [-0.05, 0) is 24.6 Å². The van der Waals surface area contributed by atoms with Crippen LogP contribution in [-0.4, -0.2) is 45.4 Å². The number of amides is 1. The molecule has 0 aromatic heterocycles. The highest BCUT2D eigenvalue weighted by atomic mass is 32.2. The van der Waals surface area contributed by atoms with Crippen LogP contribution in [0.5, 0.6) is 0 Å². The Labute approximate surface area is 118 Å². The molecular formula is C13H18N2O4S. The number of aryl methyl sites for hydroxylation is 1. The summed E-state index contributed by atoms with van der Waals surface area (Å²) in [5, 5.41) is 2.72. The fraction of sp³-hybridized carbons (Fsp3) is 0.462. The molecule has 0 bridgehead atoms. The van der Waals surface area contributed by atoms with Gasteiger partial charge in [-0.3, -0.25) is 4.79 Å². The van der Waals surface area contributed by atoms with E-state index in [9.17, 15) is 13.2 Å². The standard InChI is InChI=1S/C13H18N2O4S/c1-9-4-5-10(20(17,18)15(2)3)8-11(9)14-13(16)12-6-7-19-12/h4-5,8,12H,6-7H2,1-3H3,(H,14,16). The van der Waals surface area contributed by atoms with Crippen molar-refractivity contribution in [1.29, 1.82) is 0 Å². The fourth-order valence-electron chi connectivity index (χ4n) is 1.76. The Hall–Kier alpha value is -1.44. The number of carbonyl (C=O) groups excluding carboxylic acids is 1. The maximum Gasteiger partial charge on any atom is 0.253 e. The molecule has 1 amide bonds. The first-order valence-electron chi connectivity index (χ1n) is 6.28. The van der Waals surface area contributed by atoms with Crippen LogP contribution >= 0.6 is 0 Å². The number of hydrogen-bond donors (Lipinski definition) is 1. The zero-order valence-corrected chi connectivity index (χ0v) is 12.5. The van der Waals surface area contributed by atoms with Crippen molar-refractivity contribution in [3.05, 3.63) is 23.8 Å². The number of hydrogen-bond acceptors (Lipinski definition) is 4. The summed E-state index contributed by atoms with van der Waals surface area (Å²) in [7, 11) is -0.577. The van der Waals surface area contributed by atoms with Gasteiger partial charge in [-0.2, -0.15) is 0 Å². The average Bonchev–Trinajstić information content (AvgIpc) is 2.29. The minimum atomic E-state index is -3.51. The molecular weight excluding hydrogens is 280 g/mol. The summed E-state index contributed by atoms with van der Waals surface area (Å²) in [5.41, 5.74) is 1.30. The lowest BCUT2D eigenvalue weighted by Crippen LogP contribution is -2.39. The minimum absolute atomic E-state index is 0.151. The van der Waals surface area contributed by atoms with E-state index >= 15 is 0 Å². The summed E-state index contributed by atoms with van der Waals surface area (Å²) in [4.78, 5) is 12.0. The Morgan fingerprint density at radius 2 is 2.05 bits per heavy atom. The molecule has 1 heterocycles. The fourth-order valence-corrected chi connectivity index (χ4v) is 2.69. The Balaban J connectivity index is 2.27. The molecule has 110 valence electrons. The molecule has 2 rings (SSSR count). The first-order chi connectivity index (χ1) is 9.32. The van der Waals surface area contributed by atoms with Crippen LogP contribution in [-0.2, 0) is 19.6 Å². The molecule has 20 heavy (non-hydrogen) atoms. The van der Waals surface area contributed by atoms with Gasteiger partial charge in [0.05, 0.1) is 11.5 Å². The predicted molar refractivity (Wildman–Crippen MR) is 75.0 cm³/mol. The molecule has 0 saturated carbocycles. The van der Waals surface area contributed by atoms with Gasteiger partial charge in [0, 0.05) is 26.2 Å². The Bertz CT molecular complexity index is 621. The van der Waals surface area contributed by atoms with Crippen molar-refractivity contribution in [2.45, 2.75) is 24.3 Å². The van der Waals surface area contributed by atoms with E-state index in [2.05, 4.69) is 5.32 Å². The van der Waals surface area contributed by atoms with E-state index in [4.69, 9.17) is 4.74 Å². The first-order valence-corrected chi connectivity index (χ1v) is 7.72. The van der Waals surface area contributed by atoms with Crippen LogP contribution in [0.1, 0.15) is 12.0 Å². The van der Waals surface area contributed by atoms with Crippen molar-refractivity contribution < 1.29 is 17.9 Å². The molecule has 1 aliphatic heterocycles. The molecule has 1 unspecified atom stereocenters. The number of sulfonamides is 1. The van der Waals surface area contributed by atoms with Crippen molar-refractivity contribution in [3.8, 4) is 0 Å². The van der Waals surface area contributed by atoms with E-state index < -0.39 is 16.1 Å². The van der Waals surface area contributed by atoms with Gasteiger partial charge in [-0.25, -0.2) is 12.7 Å². The molecule has 7 heteroatoms. The minimum Gasteiger partial charge on any atom is -0.368 e. The number of carbonyl (C=O) groups is 1. The molecule has 0 spiro atoms. The largest absolute Gasteiger partial charge is 0.368 e. The topological polar surface area (TPSA) is 75.7 Å². The lowest BCUT2D eigenvalue weighted by atomic mass is 10.1. The summed E-state index contributed by atoms with van der Waals surface area (Å²) in [5.74, 6) is -0.237. The molecule has 1 aliphatic rings. The molecule has 1 atom stereocenters. The van der Waals surface area contributed by atoms with Gasteiger partial charge >= 0.3 is 0 Å². The highest BCUT2D eigenvalue weighted by Gasteiger charge is 2.27. The van der Waals surface area contributed by atoms with E-state index in [1.54, 1.807) is 6.07 Å². The molecule has 6 nitrogen and oxygen atoms in total. The second kappa shape index (κ2) is 5.51. The quantitative estimate of drug-likeness (QED) is 0.899. The maximum atomic E-state index is 12.1. The zero-order chi connectivity index (χ0) is 14.9. The normalized spacial score (nSPS) is 18.7. The average molecular weight is 298 g/mol. The third-order valence-corrected chi connectivity index (χ3v) is 5.05. The third kappa shape index (κ3) is 2.84. The van der Waals surface area contributed by atoms with Crippen molar-refractivity contribution in [1.82, 2.24) is 4.31 Å². The van der Waals surface area contributed by atoms with E-state index in [0.29, 0.717) is 18.7 Å². The smallest absolute Gasteiger partial charge is 0.253 e. The summed E-state index contributed by atoms with van der Waals surface area (Å²) in [6, 6.07) is 4.68. The van der Waals surface area contributed by atoms with Gasteiger partial charge in [0.2, 0.25) is 10.0 Å². The van der Waals surface area contributed by atoms with E-state index in [1.165, 1.54) is 26.2 Å². The number of nitrogens with zero attached hydrogens (tertiary/aromatic N) is 1. The molecule has 0 aliphatic carbocycles. The molecule has 1 N–H and O–H groups in total. The lowest BCUT2D eigenvalue weighted by Gasteiger charge is -2.25. The monoisotopic (exact) mass is 298 g/mol. The summed E-state index contributed by atoms with van der Waals surface area (Å²) >= 11 is 0. The van der Waals surface area contributed by atoms with Gasteiger partial charge in [-0.15, -0.1) is 0 Å². The predicted octanol–water partition coefficient (Wildman–Crippen LogP) is 0.973. The van der Waals surface area contributed by atoms with Crippen molar-refractivity contribution in [2.24, 2.45) is 0 Å². The van der Waals surface area contributed by atoms with Crippen LogP contribution in [0.15, 0.2) is 23.1 Å². The SMILES string of the molecule is Cc1ccc(S(=O)(=O)N(C)C)cc1NC(=O)C1CCO1. The molecule has 1 saturated heterocycles. The number of anilines is 1. The lowest BCUT2D eigenvalue weighted by molar-refractivity contribution is -0.139. The Kier molecular flexibility index (Phi) is 4.12. The van der Waals surface area contributed by atoms with Crippen molar-refractivity contribution in [2.75, 3.05) is 26.0 Å². The van der Waals surface area contributed by atoms with Crippen molar-refractivity contribution >= 4 is 21.6 Å². The van der Waals surface area contributed by atoms with Crippen LogP contribution in [0.2, 0.25) is 0 Å². The second-order valence-corrected chi connectivity index (χ2v) is 7.05. The van der Waals surface area contributed by atoms with Gasteiger partial charge in [0.15, 0.2) is 0 Å². The van der Waals surface area contributed by atoms with Crippen LogP contribution in [0.4, 0.5) is 5.69 Å². The highest BCUT2D eigenvalue weighted by Crippen LogP contribution is 2.23. The highest BCUT2D eigenvalue weighted by molar-refractivity contribution is 7.89. The number of nitrogens with one attached hydrogen (secondary N) is 1. The van der Waals surface area contributed by atoms with E-state index in [1.807, 2.05) is 6.92 Å². The molecule has 1 fully saturated rings. The second-order valence-electron chi connectivity index (χ2n) is 4.90. The summed E-state index contributed by atoms with van der Waals surface area (Å²) < 4.78 is 30.4. The van der Waals surface area contributed by atoms with E-state index in [-0.39, 0.29) is 10.8 Å².